The van der Waals surface area contributed by atoms with Crippen molar-refractivity contribution in [3.8, 4) is 5.75 Å². The fourth-order valence-corrected chi connectivity index (χ4v) is 3.34. The summed E-state index contributed by atoms with van der Waals surface area (Å²) in [6.07, 6.45) is 1.91. The molecular weight excluding hydrogens is 432 g/mol. The molecule has 0 aliphatic heterocycles. The van der Waals surface area contributed by atoms with Gasteiger partial charge in [0, 0.05) is 17.6 Å². The van der Waals surface area contributed by atoms with E-state index in [0.717, 1.165) is 28.4 Å². The van der Waals surface area contributed by atoms with Gasteiger partial charge in [-0.05, 0) is 49.6 Å². The van der Waals surface area contributed by atoms with E-state index in [1.54, 1.807) is 11.8 Å². The lowest BCUT2D eigenvalue weighted by Gasteiger charge is -2.29. The third-order valence-electron chi connectivity index (χ3n) is 4.68. The highest BCUT2D eigenvalue weighted by atomic mass is 79.9. The number of aryl methyl sites for hydroxylation is 1. The normalized spacial score (nSPS) is 11.6. The van der Waals surface area contributed by atoms with E-state index in [1.165, 1.54) is 0 Å². The number of amides is 2. The molecule has 0 aliphatic rings. The van der Waals surface area contributed by atoms with Crippen LogP contribution in [-0.4, -0.2) is 35.9 Å². The number of hydrogen-bond donors (Lipinski definition) is 1. The van der Waals surface area contributed by atoms with Gasteiger partial charge < -0.3 is 15.0 Å². The standard InChI is InChI=1S/C23H29BrN2O3/c1-4-5-13-25-23(28)18(3)26(15-19-10-8-11-20(24)14-19)22(27)16-29-21-12-7-6-9-17(21)2/h6-12,14,18H,4-5,13,15-16H2,1-3H3,(H,25,28)/t18-/m0/s1. The van der Waals surface area contributed by atoms with Gasteiger partial charge in [0.05, 0.1) is 0 Å². The van der Waals surface area contributed by atoms with Gasteiger partial charge in [-0.3, -0.25) is 9.59 Å². The molecule has 0 aliphatic carbocycles. The molecule has 0 bridgehead atoms. The molecule has 2 aromatic carbocycles. The van der Waals surface area contributed by atoms with E-state index in [-0.39, 0.29) is 18.4 Å². The van der Waals surface area contributed by atoms with Crippen molar-refractivity contribution >= 4 is 27.7 Å². The molecule has 1 atom stereocenters. The molecule has 0 heterocycles. The van der Waals surface area contributed by atoms with Crippen molar-refractivity contribution in [1.29, 1.82) is 0 Å². The molecule has 6 heteroatoms. The molecule has 0 fully saturated rings. The summed E-state index contributed by atoms with van der Waals surface area (Å²) >= 11 is 3.46. The van der Waals surface area contributed by atoms with Crippen LogP contribution in [0.1, 0.15) is 37.8 Å². The van der Waals surface area contributed by atoms with E-state index in [4.69, 9.17) is 4.74 Å². The third kappa shape index (κ3) is 7.20. The number of benzene rings is 2. The number of unbranched alkanes of at least 4 members (excludes halogenated alkanes) is 1. The SMILES string of the molecule is CCCCNC(=O)[C@H](C)N(Cc1cccc(Br)c1)C(=O)COc1ccccc1C. The van der Waals surface area contributed by atoms with Crippen LogP contribution in [0, 0.1) is 6.92 Å². The van der Waals surface area contributed by atoms with Crippen LogP contribution in [0.2, 0.25) is 0 Å². The van der Waals surface area contributed by atoms with Crippen LogP contribution in [0.5, 0.6) is 5.75 Å². The molecular formula is C23H29BrN2O3. The topological polar surface area (TPSA) is 58.6 Å². The number of rotatable bonds is 10. The summed E-state index contributed by atoms with van der Waals surface area (Å²) in [7, 11) is 0. The average molecular weight is 461 g/mol. The fourth-order valence-electron chi connectivity index (χ4n) is 2.89. The van der Waals surface area contributed by atoms with Gasteiger partial charge >= 0.3 is 0 Å². The van der Waals surface area contributed by atoms with E-state index in [9.17, 15) is 9.59 Å². The van der Waals surface area contributed by atoms with Crippen molar-refractivity contribution in [3.05, 3.63) is 64.1 Å². The maximum atomic E-state index is 13.0. The number of para-hydroxylation sites is 1. The van der Waals surface area contributed by atoms with E-state index in [0.29, 0.717) is 18.8 Å². The molecule has 2 aromatic rings. The molecule has 0 spiro atoms. The minimum atomic E-state index is -0.598. The number of ether oxygens (including phenoxy) is 1. The molecule has 0 saturated carbocycles. The number of carbonyl (C=O) groups is 2. The smallest absolute Gasteiger partial charge is 0.261 e. The Labute approximate surface area is 181 Å². The summed E-state index contributed by atoms with van der Waals surface area (Å²) in [5.74, 6) is 0.285. The number of nitrogens with one attached hydrogen (secondary N) is 1. The second kappa shape index (κ2) is 11.6. The molecule has 2 amide bonds. The van der Waals surface area contributed by atoms with E-state index in [1.807, 2.05) is 55.5 Å². The Kier molecular flexibility index (Phi) is 9.19. The maximum Gasteiger partial charge on any atom is 0.261 e. The van der Waals surface area contributed by atoms with Crippen molar-refractivity contribution in [1.82, 2.24) is 10.2 Å². The Morgan fingerprint density at radius 2 is 1.93 bits per heavy atom. The lowest BCUT2D eigenvalue weighted by atomic mass is 10.1. The summed E-state index contributed by atoms with van der Waals surface area (Å²) in [4.78, 5) is 27.2. The molecule has 0 radical (unpaired) electrons. The van der Waals surface area contributed by atoms with Crippen LogP contribution < -0.4 is 10.1 Å². The van der Waals surface area contributed by atoms with Gasteiger partial charge in [-0.25, -0.2) is 0 Å². The first-order chi connectivity index (χ1) is 13.9. The minimum Gasteiger partial charge on any atom is -0.484 e. The lowest BCUT2D eigenvalue weighted by molar-refractivity contribution is -0.142. The lowest BCUT2D eigenvalue weighted by Crippen LogP contribution is -2.49. The number of carbonyl (C=O) groups excluding carboxylic acids is 2. The van der Waals surface area contributed by atoms with Gasteiger partial charge in [0.2, 0.25) is 5.91 Å². The highest BCUT2D eigenvalue weighted by molar-refractivity contribution is 9.10. The molecule has 0 saturated heterocycles. The predicted octanol–water partition coefficient (Wildman–Crippen LogP) is 4.47. The Morgan fingerprint density at radius 3 is 2.62 bits per heavy atom. The summed E-state index contributed by atoms with van der Waals surface area (Å²) in [5, 5.41) is 2.92. The largest absolute Gasteiger partial charge is 0.484 e. The van der Waals surface area contributed by atoms with Gasteiger partial charge in [0.15, 0.2) is 6.61 Å². The van der Waals surface area contributed by atoms with E-state index < -0.39 is 6.04 Å². The zero-order chi connectivity index (χ0) is 21.2. The van der Waals surface area contributed by atoms with Gasteiger partial charge in [0.1, 0.15) is 11.8 Å². The first kappa shape index (κ1) is 22.9. The van der Waals surface area contributed by atoms with Crippen molar-refractivity contribution in [2.45, 2.75) is 46.2 Å². The van der Waals surface area contributed by atoms with Gasteiger partial charge in [0.25, 0.3) is 5.91 Å². The van der Waals surface area contributed by atoms with Crippen molar-refractivity contribution in [3.63, 3.8) is 0 Å². The van der Waals surface area contributed by atoms with Crippen LogP contribution in [-0.2, 0) is 16.1 Å². The summed E-state index contributed by atoms with van der Waals surface area (Å²) in [6.45, 7) is 6.58. The van der Waals surface area contributed by atoms with Gasteiger partial charge in [-0.15, -0.1) is 0 Å². The minimum absolute atomic E-state index is 0.120. The molecule has 0 unspecified atom stereocenters. The fraction of sp³-hybridized carbons (Fsp3) is 0.391. The van der Waals surface area contributed by atoms with Crippen molar-refractivity contribution < 1.29 is 14.3 Å². The van der Waals surface area contributed by atoms with E-state index >= 15 is 0 Å². The first-order valence-electron chi connectivity index (χ1n) is 9.92. The highest BCUT2D eigenvalue weighted by Crippen LogP contribution is 2.18. The molecule has 0 aromatic heterocycles. The maximum absolute atomic E-state index is 13.0. The number of hydrogen-bond acceptors (Lipinski definition) is 3. The van der Waals surface area contributed by atoms with Crippen molar-refractivity contribution in [2.75, 3.05) is 13.2 Å². The molecule has 2 rings (SSSR count). The van der Waals surface area contributed by atoms with Gasteiger partial charge in [-0.1, -0.05) is 59.6 Å². The second-order valence-electron chi connectivity index (χ2n) is 7.03. The van der Waals surface area contributed by atoms with Crippen LogP contribution in [0.3, 0.4) is 0 Å². The van der Waals surface area contributed by atoms with Crippen LogP contribution in [0.15, 0.2) is 53.0 Å². The Bertz CT molecular complexity index is 825. The molecule has 5 nitrogen and oxygen atoms in total. The quantitative estimate of drug-likeness (QED) is 0.532. The Hall–Kier alpha value is -2.34. The first-order valence-corrected chi connectivity index (χ1v) is 10.7. The Balaban J connectivity index is 2.12. The summed E-state index contributed by atoms with van der Waals surface area (Å²) in [6, 6.07) is 14.7. The molecule has 156 valence electrons. The number of halogens is 1. The molecule has 29 heavy (non-hydrogen) atoms. The highest BCUT2D eigenvalue weighted by Gasteiger charge is 2.26. The van der Waals surface area contributed by atoms with Crippen LogP contribution in [0.25, 0.3) is 0 Å². The third-order valence-corrected chi connectivity index (χ3v) is 5.18. The van der Waals surface area contributed by atoms with E-state index in [2.05, 4.69) is 28.2 Å². The number of nitrogens with zero attached hydrogens (tertiary/aromatic N) is 1. The van der Waals surface area contributed by atoms with Crippen molar-refractivity contribution in [2.24, 2.45) is 0 Å². The zero-order valence-electron chi connectivity index (χ0n) is 17.3. The zero-order valence-corrected chi connectivity index (χ0v) is 18.9. The molecule has 1 N–H and O–H groups in total. The summed E-state index contributed by atoms with van der Waals surface area (Å²) < 4.78 is 6.67. The van der Waals surface area contributed by atoms with Crippen LogP contribution in [0.4, 0.5) is 0 Å². The van der Waals surface area contributed by atoms with Gasteiger partial charge in [-0.2, -0.15) is 0 Å². The monoisotopic (exact) mass is 460 g/mol. The Morgan fingerprint density at radius 1 is 1.17 bits per heavy atom. The second-order valence-corrected chi connectivity index (χ2v) is 7.94. The van der Waals surface area contributed by atoms with Crippen LogP contribution >= 0.6 is 15.9 Å². The average Bonchev–Trinajstić information content (AvgIpc) is 2.71. The predicted molar refractivity (Wildman–Crippen MR) is 119 cm³/mol. The summed E-state index contributed by atoms with van der Waals surface area (Å²) in [5.41, 5.74) is 1.90.